The zero-order valence-corrected chi connectivity index (χ0v) is 18.8. The van der Waals surface area contributed by atoms with E-state index in [0.717, 1.165) is 4.70 Å². The molecule has 0 N–H and O–H groups in total. The maximum absolute atomic E-state index is 13.0. The van der Waals surface area contributed by atoms with Crippen molar-refractivity contribution in [2.75, 3.05) is 39.2 Å². The Morgan fingerprint density at radius 1 is 1.15 bits per heavy atom. The van der Waals surface area contributed by atoms with Crippen LogP contribution in [0.4, 0.5) is 5.13 Å². The molecule has 0 radical (unpaired) electrons. The van der Waals surface area contributed by atoms with Gasteiger partial charge in [-0.3, -0.25) is 9.69 Å². The molecular formula is C17H18Cl3N3O2S2. The highest BCUT2D eigenvalue weighted by atomic mass is 35.5. The first-order valence-corrected chi connectivity index (χ1v) is 10.1. The highest BCUT2D eigenvalue weighted by molar-refractivity contribution is 7.23. The van der Waals surface area contributed by atoms with Crippen LogP contribution in [-0.2, 0) is 0 Å². The molecule has 0 unspecified atom stereocenters. The molecule has 0 atom stereocenters. The summed E-state index contributed by atoms with van der Waals surface area (Å²) in [6, 6.07) is 7.01. The molecule has 3 rings (SSSR count). The quantitative estimate of drug-likeness (QED) is 0.494. The van der Waals surface area contributed by atoms with Gasteiger partial charge in [-0.05, 0) is 38.4 Å². The van der Waals surface area contributed by atoms with E-state index in [1.165, 1.54) is 22.7 Å². The van der Waals surface area contributed by atoms with E-state index in [9.17, 15) is 4.79 Å². The Kier molecular flexibility index (Phi) is 7.73. The molecule has 0 aliphatic heterocycles. The van der Waals surface area contributed by atoms with Crippen LogP contribution in [0.25, 0.3) is 10.2 Å². The van der Waals surface area contributed by atoms with Crippen molar-refractivity contribution in [2.45, 2.75) is 0 Å². The second kappa shape index (κ2) is 9.41. The minimum Gasteiger partial charge on any atom is -0.494 e. The lowest BCUT2D eigenvalue weighted by atomic mass is 10.3. The summed E-state index contributed by atoms with van der Waals surface area (Å²) >= 11 is 15.0. The van der Waals surface area contributed by atoms with Crippen molar-refractivity contribution >= 4 is 79.5 Å². The standard InChI is InChI=1S/C17H17Cl2N3O2S2.ClH/c1-21(2)8-9-22(16(23)12-6-7-13(19)25-12)17-20-14-11(24-3)5-4-10(18)15(14)26-17;/h4-7H,8-9H2,1-3H3;1H. The molecule has 27 heavy (non-hydrogen) atoms. The third-order valence-corrected chi connectivity index (χ3v) is 6.46. The first-order valence-electron chi connectivity index (χ1n) is 7.75. The smallest absolute Gasteiger partial charge is 0.270 e. The van der Waals surface area contributed by atoms with Gasteiger partial charge in [0.05, 0.1) is 26.0 Å². The van der Waals surface area contributed by atoms with Crippen LogP contribution in [0.2, 0.25) is 9.36 Å². The van der Waals surface area contributed by atoms with Gasteiger partial charge in [0, 0.05) is 13.1 Å². The van der Waals surface area contributed by atoms with Gasteiger partial charge in [0.2, 0.25) is 0 Å². The highest BCUT2D eigenvalue weighted by Gasteiger charge is 2.24. The molecule has 0 saturated carbocycles. The van der Waals surface area contributed by atoms with Crippen molar-refractivity contribution in [2.24, 2.45) is 0 Å². The first kappa shape index (κ1) is 22.2. The third-order valence-electron chi connectivity index (χ3n) is 3.70. The number of hydrogen-bond acceptors (Lipinski definition) is 6. The van der Waals surface area contributed by atoms with E-state index in [1.54, 1.807) is 36.3 Å². The van der Waals surface area contributed by atoms with Gasteiger partial charge in [0.15, 0.2) is 5.13 Å². The van der Waals surface area contributed by atoms with E-state index >= 15 is 0 Å². The summed E-state index contributed by atoms with van der Waals surface area (Å²) in [7, 11) is 5.51. The number of fused-ring (bicyclic) bond motifs is 1. The van der Waals surface area contributed by atoms with Crippen LogP contribution < -0.4 is 9.64 Å². The van der Waals surface area contributed by atoms with Crippen molar-refractivity contribution in [3.8, 4) is 5.75 Å². The van der Waals surface area contributed by atoms with E-state index in [-0.39, 0.29) is 18.3 Å². The average Bonchev–Trinajstić information content (AvgIpc) is 3.22. The molecule has 0 fully saturated rings. The number of ether oxygens (including phenoxy) is 1. The zero-order valence-electron chi connectivity index (χ0n) is 14.9. The second-order valence-electron chi connectivity index (χ2n) is 5.79. The van der Waals surface area contributed by atoms with Crippen LogP contribution in [0, 0.1) is 0 Å². The number of aromatic nitrogens is 1. The highest BCUT2D eigenvalue weighted by Crippen LogP contribution is 2.39. The number of hydrogen-bond donors (Lipinski definition) is 0. The molecule has 1 aromatic carbocycles. The minimum atomic E-state index is -0.127. The first-order chi connectivity index (χ1) is 12.4. The van der Waals surface area contributed by atoms with Gasteiger partial charge >= 0.3 is 0 Å². The molecule has 2 heterocycles. The molecule has 10 heteroatoms. The summed E-state index contributed by atoms with van der Waals surface area (Å²) in [6.45, 7) is 1.20. The van der Waals surface area contributed by atoms with E-state index in [2.05, 4.69) is 4.98 Å². The van der Waals surface area contributed by atoms with Crippen LogP contribution >= 0.6 is 58.3 Å². The van der Waals surface area contributed by atoms with Gasteiger partial charge in [0.1, 0.15) is 11.3 Å². The largest absolute Gasteiger partial charge is 0.494 e. The predicted octanol–water partition coefficient (Wildman–Crippen LogP) is 5.30. The Morgan fingerprint density at radius 3 is 2.48 bits per heavy atom. The summed E-state index contributed by atoms with van der Waals surface area (Å²) in [6.07, 6.45) is 0. The molecule has 0 bridgehead atoms. The van der Waals surface area contributed by atoms with E-state index < -0.39 is 0 Å². The molecule has 0 spiro atoms. The zero-order chi connectivity index (χ0) is 18.8. The summed E-state index contributed by atoms with van der Waals surface area (Å²) in [5.41, 5.74) is 0.659. The number of carbonyl (C=O) groups excluding carboxylic acids is 1. The molecule has 2 aromatic heterocycles. The number of rotatable bonds is 6. The number of halogens is 3. The second-order valence-corrected chi connectivity index (χ2v) is 8.89. The van der Waals surface area contributed by atoms with Crippen LogP contribution in [0.5, 0.6) is 5.75 Å². The van der Waals surface area contributed by atoms with Crippen LogP contribution in [0.1, 0.15) is 9.67 Å². The number of thiophene rings is 1. The number of benzene rings is 1. The fourth-order valence-corrected chi connectivity index (χ4v) is 4.64. The van der Waals surface area contributed by atoms with Crippen molar-refractivity contribution in [3.05, 3.63) is 38.5 Å². The monoisotopic (exact) mass is 465 g/mol. The van der Waals surface area contributed by atoms with Gasteiger partial charge < -0.3 is 9.64 Å². The van der Waals surface area contributed by atoms with Crippen molar-refractivity contribution in [1.82, 2.24) is 9.88 Å². The topological polar surface area (TPSA) is 45.7 Å². The van der Waals surface area contributed by atoms with Crippen molar-refractivity contribution in [1.29, 1.82) is 0 Å². The minimum absolute atomic E-state index is 0. The van der Waals surface area contributed by atoms with Crippen molar-refractivity contribution < 1.29 is 9.53 Å². The lowest BCUT2D eigenvalue weighted by Crippen LogP contribution is -2.36. The van der Waals surface area contributed by atoms with E-state index in [1.807, 2.05) is 19.0 Å². The Bertz CT molecular complexity index is 943. The van der Waals surface area contributed by atoms with Gasteiger partial charge in [-0.1, -0.05) is 34.5 Å². The number of anilines is 1. The summed E-state index contributed by atoms with van der Waals surface area (Å²) < 4.78 is 6.76. The fourth-order valence-electron chi connectivity index (χ4n) is 2.37. The molecule has 146 valence electrons. The van der Waals surface area contributed by atoms with Crippen molar-refractivity contribution in [3.63, 3.8) is 0 Å². The molecule has 5 nitrogen and oxygen atoms in total. The van der Waals surface area contributed by atoms with Gasteiger partial charge in [0.25, 0.3) is 5.91 Å². The van der Waals surface area contributed by atoms with E-state index in [4.69, 9.17) is 27.9 Å². The molecule has 0 aliphatic carbocycles. The van der Waals surface area contributed by atoms with Gasteiger partial charge in [-0.15, -0.1) is 23.7 Å². The van der Waals surface area contributed by atoms with Gasteiger partial charge in [-0.2, -0.15) is 0 Å². The predicted molar refractivity (Wildman–Crippen MR) is 118 cm³/mol. The maximum Gasteiger partial charge on any atom is 0.270 e. The number of methoxy groups -OCH3 is 1. The maximum atomic E-state index is 13.0. The SMILES string of the molecule is COc1ccc(Cl)c2sc(N(CCN(C)C)C(=O)c3ccc(Cl)s3)nc12.Cl. The fraction of sp³-hybridized carbons (Fsp3) is 0.294. The lowest BCUT2D eigenvalue weighted by Gasteiger charge is -2.21. The van der Waals surface area contributed by atoms with Crippen LogP contribution in [0.3, 0.4) is 0 Å². The van der Waals surface area contributed by atoms with Crippen LogP contribution in [-0.4, -0.2) is 50.1 Å². The summed E-state index contributed by atoms with van der Waals surface area (Å²) in [5.74, 6) is 0.504. The summed E-state index contributed by atoms with van der Waals surface area (Å²) in [4.78, 5) is 22.0. The number of amides is 1. The number of likely N-dealkylation sites (N-methyl/N-ethyl adjacent to an activating group) is 1. The third kappa shape index (κ3) is 4.85. The Hall–Kier alpha value is -1.09. The molecule has 3 aromatic rings. The Balaban J connectivity index is 0.00000261. The molecule has 0 aliphatic rings. The lowest BCUT2D eigenvalue weighted by molar-refractivity contribution is 0.0989. The van der Waals surface area contributed by atoms with E-state index in [0.29, 0.717) is 43.7 Å². The normalized spacial score (nSPS) is 10.9. The Morgan fingerprint density at radius 2 is 1.89 bits per heavy atom. The average molecular weight is 467 g/mol. The molecular weight excluding hydrogens is 449 g/mol. The summed E-state index contributed by atoms with van der Waals surface area (Å²) in [5, 5.41) is 1.17. The van der Waals surface area contributed by atoms with Crippen LogP contribution in [0.15, 0.2) is 24.3 Å². The molecule has 1 amide bonds. The number of thiazole rings is 1. The molecule has 0 saturated heterocycles. The number of nitrogens with zero attached hydrogens (tertiary/aromatic N) is 3. The Labute approximate surface area is 181 Å². The number of carbonyl (C=O) groups is 1. The van der Waals surface area contributed by atoms with Gasteiger partial charge in [-0.25, -0.2) is 4.98 Å².